The average molecular weight is 695 g/mol. The van der Waals surface area contributed by atoms with Crippen molar-refractivity contribution < 1.29 is 42.7 Å². The fraction of sp³-hybridized carbons (Fsp3) is 0.684. The molecule has 0 saturated carbocycles. The lowest BCUT2D eigenvalue weighted by Gasteiger charge is -2.18. The number of rotatable bonds is 31. The highest BCUT2D eigenvalue weighted by atomic mass is 31.2. The summed E-state index contributed by atoms with van der Waals surface area (Å²) in [6.07, 6.45) is 38.6. The van der Waals surface area contributed by atoms with Crippen molar-refractivity contribution in [1.82, 2.24) is 0 Å². The molecule has 0 radical (unpaired) electrons. The molecular weight excluding hydrogens is 631 g/mol. The largest absolute Gasteiger partial charge is 0.469 e. The number of carbonyl (C=O) groups excluding carboxylic acids is 2. The molecule has 9 nitrogen and oxygen atoms in total. The van der Waals surface area contributed by atoms with Gasteiger partial charge in [-0.05, 0) is 51.4 Å². The van der Waals surface area contributed by atoms with Gasteiger partial charge in [0.2, 0.25) is 0 Å². The number of esters is 2. The Labute approximate surface area is 290 Å². The predicted octanol–water partition coefficient (Wildman–Crippen LogP) is 9.55. The molecule has 0 spiro atoms. The summed E-state index contributed by atoms with van der Waals surface area (Å²) in [6.45, 7) is 3.45. The van der Waals surface area contributed by atoms with Crippen molar-refractivity contribution in [2.45, 2.75) is 154 Å². The van der Waals surface area contributed by atoms with Gasteiger partial charge in [0.05, 0.1) is 18.8 Å². The van der Waals surface area contributed by atoms with E-state index in [-0.39, 0.29) is 19.4 Å². The molecule has 2 N–H and O–H groups in total. The number of carbonyl (C=O) groups is 2. The Hall–Kier alpha value is -2.29. The first-order valence-electron chi connectivity index (χ1n) is 18.2. The van der Waals surface area contributed by atoms with Crippen LogP contribution < -0.4 is 0 Å². The maximum absolute atomic E-state index is 12.3. The van der Waals surface area contributed by atoms with Gasteiger partial charge in [0, 0.05) is 12.8 Å². The fourth-order valence-corrected chi connectivity index (χ4v) is 5.27. The molecule has 274 valence electrons. The van der Waals surface area contributed by atoms with Crippen LogP contribution >= 0.6 is 7.82 Å². The minimum Gasteiger partial charge on any atom is -0.462 e. The van der Waals surface area contributed by atoms with Crippen LogP contribution in [0.2, 0.25) is 0 Å². The Kier molecular flexibility index (Phi) is 27.0. The van der Waals surface area contributed by atoms with Crippen molar-refractivity contribution in [3.8, 4) is 0 Å². The number of epoxide rings is 1. The van der Waals surface area contributed by atoms with E-state index in [9.17, 15) is 14.2 Å². The van der Waals surface area contributed by atoms with E-state index >= 15 is 0 Å². The zero-order valence-electron chi connectivity index (χ0n) is 29.6. The van der Waals surface area contributed by atoms with Crippen molar-refractivity contribution in [2.75, 3.05) is 13.2 Å². The molecule has 10 heteroatoms. The number of ether oxygens (including phenoxy) is 3. The van der Waals surface area contributed by atoms with Gasteiger partial charge in [0.1, 0.15) is 6.61 Å². The number of phosphoric acid groups is 1. The van der Waals surface area contributed by atoms with Crippen LogP contribution in [0.1, 0.15) is 136 Å². The molecular formula is C38H63O9P. The van der Waals surface area contributed by atoms with Crippen molar-refractivity contribution in [3.63, 3.8) is 0 Å². The normalized spacial score (nSPS) is 17.4. The van der Waals surface area contributed by atoms with Crippen LogP contribution in [-0.4, -0.2) is 53.3 Å². The maximum atomic E-state index is 12.3. The zero-order valence-corrected chi connectivity index (χ0v) is 30.4. The third-order valence-electron chi connectivity index (χ3n) is 7.72. The minimum atomic E-state index is -4.77. The van der Waals surface area contributed by atoms with E-state index in [0.29, 0.717) is 25.0 Å². The molecule has 0 bridgehead atoms. The summed E-state index contributed by atoms with van der Waals surface area (Å²) in [7, 11) is -4.77. The zero-order chi connectivity index (χ0) is 35.1. The fourth-order valence-electron chi connectivity index (χ4n) is 4.91. The molecule has 1 rings (SSSR count). The molecule has 0 aromatic heterocycles. The molecule has 0 amide bonds. The van der Waals surface area contributed by atoms with Gasteiger partial charge >= 0.3 is 19.8 Å². The van der Waals surface area contributed by atoms with Crippen LogP contribution in [0.25, 0.3) is 0 Å². The van der Waals surface area contributed by atoms with Gasteiger partial charge in [-0.15, -0.1) is 0 Å². The smallest absolute Gasteiger partial charge is 0.462 e. The van der Waals surface area contributed by atoms with Crippen LogP contribution in [0.4, 0.5) is 0 Å². The van der Waals surface area contributed by atoms with E-state index in [1.807, 2.05) is 12.2 Å². The first-order valence-corrected chi connectivity index (χ1v) is 19.7. The highest BCUT2D eigenvalue weighted by Crippen LogP contribution is 2.36. The second-order valence-electron chi connectivity index (χ2n) is 12.2. The summed E-state index contributed by atoms with van der Waals surface area (Å²) in [5.74, 6) is -0.994. The Morgan fingerprint density at radius 1 is 0.667 bits per heavy atom. The average Bonchev–Trinajstić information content (AvgIpc) is 3.80. The molecule has 2 unspecified atom stereocenters. The summed E-state index contributed by atoms with van der Waals surface area (Å²) in [5, 5.41) is 0. The van der Waals surface area contributed by atoms with Crippen molar-refractivity contribution in [1.29, 1.82) is 0 Å². The van der Waals surface area contributed by atoms with Gasteiger partial charge in [-0.25, -0.2) is 4.57 Å². The van der Waals surface area contributed by atoms with Crippen LogP contribution in [-0.2, 0) is 32.9 Å². The van der Waals surface area contributed by atoms with Gasteiger partial charge in [-0.3, -0.25) is 14.1 Å². The third kappa shape index (κ3) is 28.7. The Bertz CT molecular complexity index is 1030. The highest BCUT2D eigenvalue weighted by Gasteiger charge is 2.35. The third-order valence-corrected chi connectivity index (χ3v) is 8.20. The summed E-state index contributed by atoms with van der Waals surface area (Å²) in [6, 6.07) is 0. The number of unbranched alkanes of at least 4 members (excludes halogenated alkanes) is 9. The lowest BCUT2D eigenvalue weighted by molar-refractivity contribution is -0.161. The number of phosphoric ester groups is 1. The van der Waals surface area contributed by atoms with Crippen LogP contribution in [0.5, 0.6) is 0 Å². The summed E-state index contributed by atoms with van der Waals surface area (Å²) < 4.78 is 31.8. The maximum Gasteiger partial charge on any atom is 0.469 e. The molecule has 1 fully saturated rings. The van der Waals surface area contributed by atoms with Crippen LogP contribution in [0.3, 0.4) is 0 Å². The topological polar surface area (TPSA) is 132 Å². The molecule has 1 aliphatic heterocycles. The van der Waals surface area contributed by atoms with Crippen LogP contribution in [0, 0.1) is 0 Å². The lowest BCUT2D eigenvalue weighted by Crippen LogP contribution is -2.29. The van der Waals surface area contributed by atoms with E-state index in [2.05, 4.69) is 67.0 Å². The summed E-state index contributed by atoms with van der Waals surface area (Å²) in [5.41, 5.74) is 0. The van der Waals surface area contributed by atoms with Gasteiger partial charge in [-0.1, -0.05) is 132 Å². The van der Waals surface area contributed by atoms with Crippen LogP contribution in [0.15, 0.2) is 60.8 Å². The van der Waals surface area contributed by atoms with Gasteiger partial charge < -0.3 is 24.0 Å². The highest BCUT2D eigenvalue weighted by molar-refractivity contribution is 7.46. The Balaban J connectivity index is 2.15. The Morgan fingerprint density at radius 3 is 1.75 bits per heavy atom. The molecule has 0 aromatic carbocycles. The summed E-state index contributed by atoms with van der Waals surface area (Å²) >= 11 is 0. The van der Waals surface area contributed by atoms with Crippen molar-refractivity contribution in [3.05, 3.63) is 60.8 Å². The molecule has 48 heavy (non-hydrogen) atoms. The Morgan fingerprint density at radius 2 is 1.19 bits per heavy atom. The molecule has 1 heterocycles. The number of allylic oxidation sites excluding steroid dienone is 8. The van der Waals surface area contributed by atoms with Crippen molar-refractivity contribution in [2.24, 2.45) is 0 Å². The second-order valence-corrected chi connectivity index (χ2v) is 13.4. The van der Waals surface area contributed by atoms with E-state index in [1.54, 1.807) is 0 Å². The lowest BCUT2D eigenvalue weighted by atomic mass is 10.1. The van der Waals surface area contributed by atoms with Gasteiger partial charge in [-0.2, -0.15) is 0 Å². The monoisotopic (exact) mass is 694 g/mol. The quantitative estimate of drug-likeness (QED) is 0.0239. The molecule has 1 saturated heterocycles. The van der Waals surface area contributed by atoms with E-state index < -0.39 is 32.5 Å². The van der Waals surface area contributed by atoms with E-state index in [4.69, 9.17) is 24.0 Å². The van der Waals surface area contributed by atoms with Gasteiger partial charge in [0.25, 0.3) is 0 Å². The molecule has 0 aromatic rings. The molecule has 0 aliphatic carbocycles. The minimum absolute atomic E-state index is 0.137. The van der Waals surface area contributed by atoms with E-state index in [0.717, 1.165) is 57.8 Å². The first kappa shape index (κ1) is 43.7. The molecule has 1 aliphatic rings. The van der Waals surface area contributed by atoms with Crippen molar-refractivity contribution >= 4 is 19.8 Å². The standard InChI is InChI=1S/C38H63O9P/c1-3-5-7-8-9-10-16-20-23-27-31-38(40)46-34(33-45-48(41,42)43)32-44-37(39)30-26-22-19-17-14-12-11-13-15-18-21-25-29-36-35(47-36)28-24-6-4-2/h6,12-15,19,21-22,24-25,34-36H,3-5,7-11,16-18,20,23,26-33H2,1-2H3,(H2,41,42,43)/b14-12-,15-13-,22-19-,24-6-,25-21-/t34-,35?,36?/m1/s1. The second kappa shape index (κ2) is 29.6. The predicted molar refractivity (Wildman–Crippen MR) is 192 cm³/mol. The van der Waals surface area contributed by atoms with Gasteiger partial charge in [0.15, 0.2) is 6.10 Å². The SMILES string of the molecule is CC/C=C\CC1OC1C/C=C\C/C=C\C/C=C\C/C=C\CCC(=O)OC[C@H](COP(=O)(O)O)OC(=O)CCCCCCCCCCCC. The molecule has 3 atom stereocenters. The van der Waals surface area contributed by atoms with E-state index in [1.165, 1.54) is 38.5 Å². The first-order chi connectivity index (χ1) is 23.2. The summed E-state index contributed by atoms with van der Waals surface area (Å²) in [4.78, 5) is 42.5. The number of hydrogen-bond donors (Lipinski definition) is 2. The number of hydrogen-bond acceptors (Lipinski definition) is 7.